The Hall–Kier alpha value is -2.14. The number of hydrogen-bond acceptors (Lipinski definition) is 5. The van der Waals surface area contributed by atoms with Crippen molar-refractivity contribution in [2.24, 2.45) is 5.10 Å². The predicted octanol–water partition coefficient (Wildman–Crippen LogP) is 2.04. The minimum atomic E-state index is -3.55. The number of carbonyl (C=O) groups excluding carboxylic acids is 1. The fraction of sp³-hybridized carbons (Fsp3) is 0.263. The van der Waals surface area contributed by atoms with Crippen molar-refractivity contribution in [3.05, 3.63) is 64.4 Å². The van der Waals surface area contributed by atoms with Crippen LogP contribution in [0.4, 0.5) is 4.39 Å². The number of rotatable bonds is 6. The molecule has 0 radical (unpaired) electrons. The van der Waals surface area contributed by atoms with E-state index in [0.717, 1.165) is 4.47 Å². The van der Waals surface area contributed by atoms with Gasteiger partial charge in [0.25, 0.3) is 5.91 Å². The van der Waals surface area contributed by atoms with Crippen molar-refractivity contribution in [1.82, 2.24) is 14.6 Å². The van der Waals surface area contributed by atoms with Crippen molar-refractivity contribution in [1.29, 1.82) is 0 Å². The molecule has 2 aromatic rings. The molecule has 0 atom stereocenters. The molecule has 1 heterocycles. The van der Waals surface area contributed by atoms with Crippen molar-refractivity contribution in [2.45, 2.75) is 4.90 Å². The van der Waals surface area contributed by atoms with Gasteiger partial charge in [0.2, 0.25) is 10.0 Å². The number of piperazine rings is 1. The largest absolute Gasteiger partial charge is 0.292 e. The zero-order valence-electron chi connectivity index (χ0n) is 15.5. The summed E-state index contributed by atoms with van der Waals surface area (Å²) < 4.78 is 40.7. The minimum absolute atomic E-state index is 0.104. The van der Waals surface area contributed by atoms with Crippen LogP contribution in [0.15, 0.2) is 63.0 Å². The molecule has 7 nitrogen and oxygen atoms in total. The van der Waals surface area contributed by atoms with Crippen LogP contribution in [0.3, 0.4) is 0 Å². The molecule has 0 spiro atoms. The summed E-state index contributed by atoms with van der Waals surface area (Å²) in [6, 6.07) is 12.4. The lowest BCUT2D eigenvalue weighted by Crippen LogP contribution is -2.50. The first-order chi connectivity index (χ1) is 13.8. The Balaban J connectivity index is 1.48. The third-order valence-corrected chi connectivity index (χ3v) is 6.84. The Labute approximate surface area is 177 Å². The second kappa shape index (κ2) is 9.57. The van der Waals surface area contributed by atoms with Crippen molar-refractivity contribution in [3.63, 3.8) is 0 Å². The van der Waals surface area contributed by atoms with E-state index in [-0.39, 0.29) is 23.2 Å². The molecule has 1 saturated heterocycles. The molecule has 0 bridgehead atoms. The highest BCUT2D eigenvalue weighted by Gasteiger charge is 2.28. The van der Waals surface area contributed by atoms with E-state index in [1.807, 2.05) is 4.90 Å². The van der Waals surface area contributed by atoms with Gasteiger partial charge in [-0.25, -0.2) is 18.2 Å². The number of carbonyl (C=O) groups is 1. The second-order valence-electron chi connectivity index (χ2n) is 6.48. The standard InChI is InChI=1S/C19H20BrFN4O3S/c20-16-4-6-18(7-5-16)29(27,28)25-10-8-24(9-11-25)14-19(26)23-22-13-15-2-1-3-17(21)12-15/h1-7,12-13H,8-11,14H2,(H,23,26)/b22-13-. The van der Waals surface area contributed by atoms with Crippen LogP contribution in [0.5, 0.6) is 0 Å². The summed E-state index contributed by atoms with van der Waals surface area (Å²) in [4.78, 5) is 14.1. The summed E-state index contributed by atoms with van der Waals surface area (Å²) in [5.74, 6) is -0.696. The average molecular weight is 483 g/mol. The van der Waals surface area contributed by atoms with Gasteiger partial charge in [0.15, 0.2) is 0 Å². The SMILES string of the molecule is O=C(CN1CCN(S(=O)(=O)c2ccc(Br)cc2)CC1)N/N=C\c1cccc(F)c1. The molecular weight excluding hydrogens is 463 g/mol. The highest BCUT2D eigenvalue weighted by atomic mass is 79.9. The van der Waals surface area contributed by atoms with Gasteiger partial charge in [-0.05, 0) is 42.0 Å². The second-order valence-corrected chi connectivity index (χ2v) is 9.34. The van der Waals surface area contributed by atoms with Crippen LogP contribution >= 0.6 is 15.9 Å². The molecule has 0 unspecified atom stereocenters. The Kier molecular flexibility index (Phi) is 7.12. The molecule has 1 aliphatic rings. The first-order valence-electron chi connectivity index (χ1n) is 8.90. The number of sulfonamides is 1. The van der Waals surface area contributed by atoms with Crippen LogP contribution in [0, 0.1) is 5.82 Å². The van der Waals surface area contributed by atoms with Gasteiger partial charge in [0.05, 0.1) is 17.7 Å². The highest BCUT2D eigenvalue weighted by molar-refractivity contribution is 9.10. The van der Waals surface area contributed by atoms with Crippen LogP contribution in [0.25, 0.3) is 0 Å². The van der Waals surface area contributed by atoms with Crippen LogP contribution in [-0.4, -0.2) is 62.5 Å². The van der Waals surface area contributed by atoms with E-state index in [4.69, 9.17) is 0 Å². The lowest BCUT2D eigenvalue weighted by molar-refractivity contribution is -0.122. The van der Waals surface area contributed by atoms with E-state index in [1.54, 1.807) is 36.4 Å². The monoisotopic (exact) mass is 482 g/mol. The highest BCUT2D eigenvalue weighted by Crippen LogP contribution is 2.20. The predicted molar refractivity (Wildman–Crippen MR) is 111 cm³/mol. The molecule has 1 fully saturated rings. The van der Waals surface area contributed by atoms with E-state index in [0.29, 0.717) is 31.7 Å². The number of amides is 1. The van der Waals surface area contributed by atoms with Gasteiger partial charge in [-0.2, -0.15) is 9.41 Å². The summed E-state index contributed by atoms with van der Waals surface area (Å²) in [6.07, 6.45) is 1.36. The Morgan fingerprint density at radius 3 is 2.48 bits per heavy atom. The molecule has 10 heteroatoms. The Bertz CT molecular complexity index is 991. The number of benzene rings is 2. The first-order valence-corrected chi connectivity index (χ1v) is 11.1. The third-order valence-electron chi connectivity index (χ3n) is 4.40. The van der Waals surface area contributed by atoms with Gasteiger partial charge in [-0.3, -0.25) is 9.69 Å². The fourth-order valence-corrected chi connectivity index (χ4v) is 4.57. The molecule has 0 aliphatic carbocycles. The molecular formula is C19H20BrFN4O3S. The smallest absolute Gasteiger partial charge is 0.254 e. The molecule has 1 N–H and O–H groups in total. The Morgan fingerprint density at radius 1 is 1.14 bits per heavy atom. The van der Waals surface area contributed by atoms with E-state index in [2.05, 4.69) is 26.5 Å². The van der Waals surface area contributed by atoms with E-state index in [9.17, 15) is 17.6 Å². The van der Waals surface area contributed by atoms with Crippen molar-refractivity contribution < 1.29 is 17.6 Å². The zero-order chi connectivity index (χ0) is 20.9. The fourth-order valence-electron chi connectivity index (χ4n) is 2.89. The van der Waals surface area contributed by atoms with Gasteiger partial charge >= 0.3 is 0 Å². The van der Waals surface area contributed by atoms with E-state index >= 15 is 0 Å². The maximum Gasteiger partial charge on any atom is 0.254 e. The summed E-state index contributed by atoms with van der Waals surface area (Å²) in [5.41, 5.74) is 2.94. The topological polar surface area (TPSA) is 82.1 Å². The molecule has 154 valence electrons. The summed E-state index contributed by atoms with van der Waals surface area (Å²) in [6.45, 7) is 1.59. The van der Waals surface area contributed by atoms with E-state index < -0.39 is 10.0 Å². The van der Waals surface area contributed by atoms with Crippen molar-refractivity contribution in [2.75, 3.05) is 32.7 Å². The van der Waals surface area contributed by atoms with Crippen LogP contribution in [0.1, 0.15) is 5.56 Å². The average Bonchev–Trinajstić information content (AvgIpc) is 2.69. The maximum absolute atomic E-state index is 13.1. The van der Waals surface area contributed by atoms with Gasteiger partial charge < -0.3 is 0 Å². The Morgan fingerprint density at radius 2 is 1.83 bits per heavy atom. The van der Waals surface area contributed by atoms with Gasteiger partial charge in [-0.15, -0.1) is 0 Å². The quantitative estimate of drug-likeness (QED) is 0.504. The van der Waals surface area contributed by atoms with Crippen LogP contribution in [0.2, 0.25) is 0 Å². The summed E-state index contributed by atoms with van der Waals surface area (Å²) in [7, 11) is -3.55. The van der Waals surface area contributed by atoms with Gasteiger partial charge in [-0.1, -0.05) is 28.1 Å². The number of nitrogens with zero attached hydrogens (tertiary/aromatic N) is 3. The number of hydrogen-bond donors (Lipinski definition) is 1. The lowest BCUT2D eigenvalue weighted by atomic mass is 10.2. The molecule has 29 heavy (non-hydrogen) atoms. The number of hydrazone groups is 1. The van der Waals surface area contributed by atoms with Crippen LogP contribution in [-0.2, 0) is 14.8 Å². The normalized spacial score (nSPS) is 16.2. The van der Waals surface area contributed by atoms with Crippen molar-refractivity contribution in [3.8, 4) is 0 Å². The van der Waals surface area contributed by atoms with E-state index in [1.165, 1.54) is 22.7 Å². The molecule has 0 aromatic heterocycles. The van der Waals surface area contributed by atoms with Gasteiger partial charge in [0, 0.05) is 30.7 Å². The molecule has 3 rings (SSSR count). The summed E-state index contributed by atoms with van der Waals surface area (Å²) in [5, 5.41) is 3.82. The number of halogens is 2. The zero-order valence-corrected chi connectivity index (χ0v) is 17.9. The lowest BCUT2D eigenvalue weighted by Gasteiger charge is -2.33. The van der Waals surface area contributed by atoms with Gasteiger partial charge in [0.1, 0.15) is 5.82 Å². The molecule has 0 saturated carbocycles. The molecule has 1 aliphatic heterocycles. The minimum Gasteiger partial charge on any atom is -0.292 e. The molecule has 2 aromatic carbocycles. The maximum atomic E-state index is 13.1. The summed E-state index contributed by atoms with van der Waals surface area (Å²) >= 11 is 3.29. The third kappa shape index (κ3) is 5.92. The van der Waals surface area contributed by atoms with Crippen LogP contribution < -0.4 is 5.43 Å². The first kappa shape index (κ1) is 21.6. The number of nitrogens with one attached hydrogen (secondary N) is 1. The molecule has 1 amide bonds. The van der Waals surface area contributed by atoms with Crippen molar-refractivity contribution >= 4 is 38.1 Å².